The van der Waals surface area contributed by atoms with Gasteiger partial charge in [-0.25, -0.2) is 0 Å². The van der Waals surface area contributed by atoms with Crippen molar-refractivity contribution in [2.24, 2.45) is 0 Å². The van der Waals surface area contributed by atoms with Crippen LogP contribution in [0, 0.1) is 0 Å². The zero-order chi connectivity index (χ0) is 13.3. The summed E-state index contributed by atoms with van der Waals surface area (Å²) >= 11 is 0. The van der Waals surface area contributed by atoms with Gasteiger partial charge in [0.1, 0.15) is 0 Å². The molecule has 0 amide bonds. The Labute approximate surface area is 102 Å². The first-order chi connectivity index (χ1) is 7.94. The molecular weight excluding hydrogens is 231 g/mol. The van der Waals surface area contributed by atoms with Gasteiger partial charge in [0.05, 0.1) is 6.10 Å². The van der Waals surface area contributed by atoms with Crippen molar-refractivity contribution >= 4 is 0 Å². The molecule has 0 aliphatic carbocycles. The highest BCUT2D eigenvalue weighted by atomic mass is 19.4. The molecule has 0 rings (SSSR count). The first-order valence-corrected chi connectivity index (χ1v) is 6.30. The van der Waals surface area contributed by atoms with Crippen molar-refractivity contribution in [3.05, 3.63) is 0 Å². The van der Waals surface area contributed by atoms with E-state index in [1.807, 2.05) is 6.92 Å². The average Bonchev–Trinajstić information content (AvgIpc) is 2.23. The Morgan fingerprint density at radius 3 is 2.24 bits per heavy atom. The Bertz CT molecular complexity index is 179. The predicted molar refractivity (Wildman–Crippen MR) is 63.1 cm³/mol. The summed E-state index contributed by atoms with van der Waals surface area (Å²) in [4.78, 5) is 0. The molecule has 0 heterocycles. The zero-order valence-corrected chi connectivity index (χ0v) is 10.9. The SMILES string of the molecule is CCCC(OCC)C(CCCC(F)(F)F)NC. The van der Waals surface area contributed by atoms with E-state index in [9.17, 15) is 13.2 Å². The van der Waals surface area contributed by atoms with Crippen LogP contribution in [0.2, 0.25) is 0 Å². The third-order valence-corrected chi connectivity index (χ3v) is 2.75. The molecule has 0 aromatic rings. The molecule has 0 saturated heterocycles. The summed E-state index contributed by atoms with van der Waals surface area (Å²) in [6.07, 6.45) is -2.24. The van der Waals surface area contributed by atoms with Crippen LogP contribution in [0.25, 0.3) is 0 Å². The lowest BCUT2D eigenvalue weighted by molar-refractivity contribution is -0.136. The van der Waals surface area contributed by atoms with E-state index in [1.165, 1.54) is 0 Å². The largest absolute Gasteiger partial charge is 0.389 e. The Balaban J connectivity index is 4.08. The van der Waals surface area contributed by atoms with Crippen molar-refractivity contribution in [2.45, 2.75) is 64.3 Å². The maximum atomic E-state index is 12.1. The molecule has 2 atom stereocenters. The number of ether oxygens (including phenoxy) is 1. The van der Waals surface area contributed by atoms with Gasteiger partial charge in [-0.05, 0) is 33.2 Å². The molecule has 0 saturated carbocycles. The van der Waals surface area contributed by atoms with Crippen molar-refractivity contribution in [3.63, 3.8) is 0 Å². The van der Waals surface area contributed by atoms with Gasteiger partial charge in [0.2, 0.25) is 0 Å². The lowest BCUT2D eigenvalue weighted by Gasteiger charge is -2.26. The van der Waals surface area contributed by atoms with Crippen molar-refractivity contribution in [1.29, 1.82) is 0 Å². The second-order valence-corrected chi connectivity index (χ2v) is 4.19. The Morgan fingerprint density at radius 2 is 1.82 bits per heavy atom. The monoisotopic (exact) mass is 255 g/mol. The van der Waals surface area contributed by atoms with Crippen LogP contribution in [-0.4, -0.2) is 32.0 Å². The molecule has 5 heteroatoms. The third-order valence-electron chi connectivity index (χ3n) is 2.75. The second-order valence-electron chi connectivity index (χ2n) is 4.19. The van der Waals surface area contributed by atoms with Crippen LogP contribution in [0.1, 0.15) is 46.0 Å². The summed E-state index contributed by atoms with van der Waals surface area (Å²) in [5.74, 6) is 0. The number of hydrogen-bond donors (Lipinski definition) is 1. The highest BCUT2D eigenvalue weighted by Crippen LogP contribution is 2.23. The lowest BCUT2D eigenvalue weighted by atomic mass is 10.0. The molecular formula is C12H24F3NO. The van der Waals surface area contributed by atoms with E-state index >= 15 is 0 Å². The highest BCUT2D eigenvalue weighted by molar-refractivity contribution is 4.76. The molecule has 2 unspecified atom stereocenters. The topological polar surface area (TPSA) is 21.3 Å². The van der Waals surface area contributed by atoms with Crippen molar-refractivity contribution in [3.8, 4) is 0 Å². The van der Waals surface area contributed by atoms with E-state index < -0.39 is 12.6 Å². The third kappa shape index (κ3) is 8.44. The standard InChI is InChI=1S/C12H24F3NO/c1-4-7-11(17-5-2)10(16-3)8-6-9-12(13,14)15/h10-11,16H,4-9H2,1-3H3. The van der Waals surface area contributed by atoms with Crippen LogP contribution in [0.5, 0.6) is 0 Å². The van der Waals surface area contributed by atoms with E-state index in [0.717, 1.165) is 12.8 Å². The maximum absolute atomic E-state index is 12.1. The van der Waals surface area contributed by atoms with Crippen molar-refractivity contribution in [1.82, 2.24) is 5.32 Å². The number of halogens is 3. The Kier molecular flexibility index (Phi) is 8.60. The number of likely N-dealkylation sites (N-methyl/N-ethyl adjacent to an activating group) is 1. The fourth-order valence-electron chi connectivity index (χ4n) is 1.94. The van der Waals surface area contributed by atoms with Gasteiger partial charge >= 0.3 is 6.18 Å². The number of rotatable bonds is 9. The lowest BCUT2D eigenvalue weighted by Crippen LogP contribution is -2.39. The minimum Gasteiger partial charge on any atom is -0.377 e. The molecule has 0 bridgehead atoms. The number of alkyl halides is 3. The molecule has 2 nitrogen and oxygen atoms in total. The summed E-state index contributed by atoms with van der Waals surface area (Å²) in [6.45, 7) is 4.56. The minimum atomic E-state index is -4.05. The molecule has 0 radical (unpaired) electrons. The van der Waals surface area contributed by atoms with Crippen LogP contribution in [0.4, 0.5) is 13.2 Å². The van der Waals surface area contributed by atoms with Gasteiger partial charge in [-0.1, -0.05) is 13.3 Å². The number of hydrogen-bond acceptors (Lipinski definition) is 2. The Hall–Kier alpha value is -0.290. The van der Waals surface area contributed by atoms with Gasteiger partial charge in [-0.15, -0.1) is 0 Å². The van der Waals surface area contributed by atoms with E-state index in [2.05, 4.69) is 12.2 Å². The second kappa shape index (κ2) is 8.75. The first-order valence-electron chi connectivity index (χ1n) is 6.30. The fourth-order valence-corrected chi connectivity index (χ4v) is 1.94. The summed E-state index contributed by atoms with van der Waals surface area (Å²) in [7, 11) is 1.78. The summed E-state index contributed by atoms with van der Waals surface area (Å²) < 4.78 is 41.7. The molecule has 104 valence electrons. The van der Waals surface area contributed by atoms with Gasteiger partial charge in [0, 0.05) is 19.1 Å². The zero-order valence-electron chi connectivity index (χ0n) is 10.9. The summed E-state index contributed by atoms with van der Waals surface area (Å²) in [5.41, 5.74) is 0. The summed E-state index contributed by atoms with van der Waals surface area (Å²) in [6, 6.07) is 0.0113. The van der Waals surface area contributed by atoms with Crippen molar-refractivity contribution in [2.75, 3.05) is 13.7 Å². The molecule has 0 fully saturated rings. The molecule has 1 N–H and O–H groups in total. The van der Waals surface area contributed by atoms with Crippen LogP contribution in [0.15, 0.2) is 0 Å². The molecule has 0 aliphatic heterocycles. The molecule has 0 aromatic heterocycles. The van der Waals surface area contributed by atoms with Crippen LogP contribution in [-0.2, 0) is 4.74 Å². The Morgan fingerprint density at radius 1 is 1.18 bits per heavy atom. The fraction of sp³-hybridized carbons (Fsp3) is 1.00. The predicted octanol–water partition coefficient (Wildman–Crippen LogP) is 3.51. The molecule has 0 aliphatic rings. The maximum Gasteiger partial charge on any atom is 0.389 e. The van der Waals surface area contributed by atoms with Gasteiger partial charge in [0.15, 0.2) is 0 Å². The molecule has 0 aromatic carbocycles. The quantitative estimate of drug-likeness (QED) is 0.680. The normalized spacial score (nSPS) is 15.9. The van der Waals surface area contributed by atoms with E-state index in [-0.39, 0.29) is 18.6 Å². The summed E-state index contributed by atoms with van der Waals surface area (Å²) in [5, 5.41) is 3.07. The van der Waals surface area contributed by atoms with Crippen LogP contribution in [0.3, 0.4) is 0 Å². The highest BCUT2D eigenvalue weighted by Gasteiger charge is 2.28. The first kappa shape index (κ1) is 16.7. The van der Waals surface area contributed by atoms with Gasteiger partial charge in [0.25, 0.3) is 0 Å². The minimum absolute atomic E-state index is 0.0113. The van der Waals surface area contributed by atoms with Crippen LogP contribution >= 0.6 is 0 Å². The van der Waals surface area contributed by atoms with Gasteiger partial charge < -0.3 is 10.1 Å². The molecule has 0 spiro atoms. The van der Waals surface area contributed by atoms with E-state index in [4.69, 9.17) is 4.74 Å². The van der Waals surface area contributed by atoms with Gasteiger partial charge in [-0.2, -0.15) is 13.2 Å². The average molecular weight is 255 g/mol. The van der Waals surface area contributed by atoms with E-state index in [1.54, 1.807) is 7.05 Å². The van der Waals surface area contributed by atoms with Gasteiger partial charge in [-0.3, -0.25) is 0 Å². The molecule has 17 heavy (non-hydrogen) atoms. The smallest absolute Gasteiger partial charge is 0.377 e. The van der Waals surface area contributed by atoms with Crippen LogP contribution < -0.4 is 5.32 Å². The number of nitrogens with one attached hydrogen (secondary N) is 1. The van der Waals surface area contributed by atoms with E-state index in [0.29, 0.717) is 13.0 Å². The van der Waals surface area contributed by atoms with Crippen molar-refractivity contribution < 1.29 is 17.9 Å².